The highest BCUT2D eigenvalue weighted by Gasteiger charge is 2.19. The predicted molar refractivity (Wildman–Crippen MR) is 71.2 cm³/mol. The van der Waals surface area contributed by atoms with Gasteiger partial charge in [-0.1, -0.05) is 13.0 Å². The number of aryl methyl sites for hydroxylation is 1. The lowest BCUT2D eigenvalue weighted by atomic mass is 10.00. The number of hydrogen-bond acceptors (Lipinski definition) is 2. The molecule has 0 spiro atoms. The van der Waals surface area contributed by atoms with E-state index in [0.717, 1.165) is 43.1 Å². The van der Waals surface area contributed by atoms with Crippen molar-refractivity contribution in [3.8, 4) is 0 Å². The van der Waals surface area contributed by atoms with Gasteiger partial charge in [-0.25, -0.2) is 4.79 Å². The number of carbonyl (C=O) groups excluding carboxylic acids is 1. The van der Waals surface area contributed by atoms with Gasteiger partial charge in [0.15, 0.2) is 0 Å². The van der Waals surface area contributed by atoms with E-state index in [0.29, 0.717) is 6.54 Å². The second-order valence-electron chi connectivity index (χ2n) is 5.10. The number of amides is 2. The van der Waals surface area contributed by atoms with Crippen LogP contribution >= 0.6 is 0 Å². The normalized spacial score (nSPS) is 16.7. The number of pyridine rings is 1. The standard InChI is InChI=1S/C14H21N3O/c1-11-5-8-17(9-6-11)14(18)16-10-13-12(2)4-3-7-15-13/h3-4,7,11H,5-6,8-10H2,1-2H3,(H,16,18). The smallest absolute Gasteiger partial charge is 0.317 e. The molecule has 1 aliphatic heterocycles. The van der Waals surface area contributed by atoms with Gasteiger partial charge in [0.25, 0.3) is 0 Å². The highest BCUT2D eigenvalue weighted by Crippen LogP contribution is 2.15. The number of hydrogen-bond donors (Lipinski definition) is 1. The number of nitrogens with zero attached hydrogens (tertiary/aromatic N) is 2. The van der Waals surface area contributed by atoms with E-state index >= 15 is 0 Å². The molecule has 1 aromatic rings. The van der Waals surface area contributed by atoms with Crippen LogP contribution in [0.4, 0.5) is 4.79 Å². The molecule has 0 atom stereocenters. The molecule has 1 N–H and O–H groups in total. The van der Waals surface area contributed by atoms with E-state index in [4.69, 9.17) is 0 Å². The number of aromatic nitrogens is 1. The summed E-state index contributed by atoms with van der Waals surface area (Å²) in [6.45, 7) is 6.50. The summed E-state index contributed by atoms with van der Waals surface area (Å²) in [5.74, 6) is 0.743. The van der Waals surface area contributed by atoms with Crippen molar-refractivity contribution in [2.75, 3.05) is 13.1 Å². The summed E-state index contributed by atoms with van der Waals surface area (Å²) >= 11 is 0. The molecule has 0 aliphatic carbocycles. The van der Waals surface area contributed by atoms with Gasteiger partial charge in [-0.05, 0) is 37.3 Å². The molecule has 4 heteroatoms. The molecule has 2 rings (SSSR count). The molecule has 98 valence electrons. The van der Waals surface area contributed by atoms with Gasteiger partial charge in [-0.15, -0.1) is 0 Å². The molecule has 0 radical (unpaired) electrons. The van der Waals surface area contributed by atoms with Crippen LogP contribution in [-0.4, -0.2) is 29.0 Å². The van der Waals surface area contributed by atoms with Gasteiger partial charge in [0, 0.05) is 19.3 Å². The molecule has 1 aliphatic rings. The Morgan fingerprint density at radius 1 is 1.50 bits per heavy atom. The lowest BCUT2D eigenvalue weighted by molar-refractivity contribution is 0.173. The minimum Gasteiger partial charge on any atom is -0.332 e. The Kier molecular flexibility index (Phi) is 4.18. The van der Waals surface area contributed by atoms with E-state index in [1.165, 1.54) is 0 Å². The summed E-state index contributed by atoms with van der Waals surface area (Å²) in [5.41, 5.74) is 2.06. The SMILES string of the molecule is Cc1cccnc1CNC(=O)N1CCC(C)CC1. The molecule has 0 unspecified atom stereocenters. The third-order valence-corrected chi connectivity index (χ3v) is 3.60. The third-order valence-electron chi connectivity index (χ3n) is 3.60. The third kappa shape index (κ3) is 3.22. The number of carbonyl (C=O) groups is 1. The van der Waals surface area contributed by atoms with Crippen LogP contribution in [-0.2, 0) is 6.54 Å². The minimum absolute atomic E-state index is 0.0342. The zero-order valence-electron chi connectivity index (χ0n) is 11.1. The molecule has 2 amide bonds. The monoisotopic (exact) mass is 247 g/mol. The molecule has 1 fully saturated rings. The summed E-state index contributed by atoms with van der Waals surface area (Å²) in [6.07, 6.45) is 3.98. The van der Waals surface area contributed by atoms with Gasteiger partial charge < -0.3 is 10.2 Å². The predicted octanol–water partition coefficient (Wildman–Crippen LogP) is 2.33. The quantitative estimate of drug-likeness (QED) is 0.871. The zero-order valence-corrected chi connectivity index (χ0v) is 11.1. The summed E-state index contributed by atoms with van der Waals surface area (Å²) in [7, 11) is 0. The topological polar surface area (TPSA) is 45.2 Å². The maximum atomic E-state index is 12.0. The Morgan fingerprint density at radius 3 is 2.89 bits per heavy atom. The van der Waals surface area contributed by atoms with Gasteiger partial charge in [0.2, 0.25) is 0 Å². The minimum atomic E-state index is 0.0342. The van der Waals surface area contributed by atoms with Crippen LogP contribution < -0.4 is 5.32 Å². The van der Waals surface area contributed by atoms with Crippen molar-refractivity contribution in [3.63, 3.8) is 0 Å². The van der Waals surface area contributed by atoms with E-state index in [1.54, 1.807) is 6.20 Å². The molecule has 18 heavy (non-hydrogen) atoms. The summed E-state index contributed by atoms with van der Waals surface area (Å²) in [5, 5.41) is 2.95. The average molecular weight is 247 g/mol. The number of piperidine rings is 1. The number of nitrogens with one attached hydrogen (secondary N) is 1. The molecule has 0 aromatic carbocycles. The lowest BCUT2D eigenvalue weighted by Crippen LogP contribution is -2.44. The van der Waals surface area contributed by atoms with Gasteiger partial charge in [0.1, 0.15) is 0 Å². The van der Waals surface area contributed by atoms with Gasteiger partial charge in [-0.3, -0.25) is 4.98 Å². The van der Waals surface area contributed by atoms with Crippen LogP contribution in [0.15, 0.2) is 18.3 Å². The molecule has 2 heterocycles. The van der Waals surface area contributed by atoms with Crippen molar-refractivity contribution in [1.82, 2.24) is 15.2 Å². The number of rotatable bonds is 2. The Bertz CT molecular complexity index is 411. The summed E-state index contributed by atoms with van der Waals surface area (Å²) < 4.78 is 0. The van der Waals surface area contributed by atoms with Crippen molar-refractivity contribution in [2.45, 2.75) is 33.2 Å². The Hall–Kier alpha value is -1.58. The molecule has 0 saturated carbocycles. The van der Waals surface area contributed by atoms with E-state index < -0.39 is 0 Å². The first-order valence-electron chi connectivity index (χ1n) is 6.60. The van der Waals surface area contributed by atoms with E-state index in [9.17, 15) is 4.79 Å². The molecular weight excluding hydrogens is 226 g/mol. The number of urea groups is 1. The maximum Gasteiger partial charge on any atom is 0.317 e. The molecule has 0 bridgehead atoms. The van der Waals surface area contributed by atoms with E-state index in [-0.39, 0.29) is 6.03 Å². The Morgan fingerprint density at radius 2 is 2.22 bits per heavy atom. The molecular formula is C14H21N3O. The molecule has 4 nitrogen and oxygen atoms in total. The summed E-state index contributed by atoms with van der Waals surface area (Å²) in [6, 6.07) is 3.95. The largest absolute Gasteiger partial charge is 0.332 e. The van der Waals surface area contributed by atoms with Gasteiger partial charge in [0.05, 0.1) is 12.2 Å². The van der Waals surface area contributed by atoms with Crippen LogP contribution in [0.1, 0.15) is 31.0 Å². The van der Waals surface area contributed by atoms with Crippen molar-refractivity contribution in [2.24, 2.45) is 5.92 Å². The van der Waals surface area contributed by atoms with E-state index in [1.807, 2.05) is 24.0 Å². The maximum absolute atomic E-state index is 12.0. The zero-order chi connectivity index (χ0) is 13.0. The lowest BCUT2D eigenvalue weighted by Gasteiger charge is -2.30. The first-order valence-corrected chi connectivity index (χ1v) is 6.60. The highest BCUT2D eigenvalue weighted by molar-refractivity contribution is 5.74. The fourth-order valence-corrected chi connectivity index (χ4v) is 2.19. The fourth-order valence-electron chi connectivity index (χ4n) is 2.19. The van der Waals surface area contributed by atoms with Gasteiger partial charge in [-0.2, -0.15) is 0 Å². The van der Waals surface area contributed by atoms with Crippen molar-refractivity contribution in [1.29, 1.82) is 0 Å². The molecule has 1 aromatic heterocycles. The van der Waals surface area contributed by atoms with Crippen molar-refractivity contribution < 1.29 is 4.79 Å². The van der Waals surface area contributed by atoms with Crippen molar-refractivity contribution in [3.05, 3.63) is 29.6 Å². The first kappa shape index (κ1) is 12.9. The molecule has 1 saturated heterocycles. The summed E-state index contributed by atoms with van der Waals surface area (Å²) in [4.78, 5) is 18.2. The number of likely N-dealkylation sites (tertiary alicyclic amines) is 1. The second kappa shape index (κ2) is 5.85. The second-order valence-corrected chi connectivity index (χ2v) is 5.10. The van der Waals surface area contributed by atoms with Crippen LogP contribution in [0.3, 0.4) is 0 Å². The van der Waals surface area contributed by atoms with Crippen molar-refractivity contribution >= 4 is 6.03 Å². The Balaban J connectivity index is 1.83. The Labute approximate surface area is 108 Å². The highest BCUT2D eigenvalue weighted by atomic mass is 16.2. The van der Waals surface area contributed by atoms with Crippen LogP contribution in [0.5, 0.6) is 0 Å². The van der Waals surface area contributed by atoms with E-state index in [2.05, 4.69) is 17.2 Å². The van der Waals surface area contributed by atoms with Crippen LogP contribution in [0, 0.1) is 12.8 Å². The average Bonchev–Trinajstić information content (AvgIpc) is 2.38. The van der Waals surface area contributed by atoms with Gasteiger partial charge >= 0.3 is 6.03 Å². The first-order chi connectivity index (χ1) is 8.66. The van der Waals surface area contributed by atoms with Crippen LogP contribution in [0.25, 0.3) is 0 Å². The van der Waals surface area contributed by atoms with Crippen LogP contribution in [0.2, 0.25) is 0 Å². The fraction of sp³-hybridized carbons (Fsp3) is 0.571.